The van der Waals surface area contributed by atoms with Crippen LogP contribution in [0.15, 0.2) is 6.07 Å². The lowest BCUT2D eigenvalue weighted by molar-refractivity contribution is 0.278. The summed E-state index contributed by atoms with van der Waals surface area (Å²) in [7, 11) is -2.17. The second kappa shape index (κ2) is 14.9. The van der Waals surface area contributed by atoms with Crippen molar-refractivity contribution in [2.45, 2.75) is 0 Å². The molecule has 55 heavy (non-hydrogen) atoms. The third-order valence-corrected chi connectivity index (χ3v) is 7.22. The zero-order valence-electron chi connectivity index (χ0n) is 25.1. The standard InChI is InChI=1S/C30H3F20N.BH3O3/c31-11-5(12(32)20(40)27(47)19(11)39)2-1-3(51)6(9-15(35)23(43)29(49)24(44)16(9)36)7(10-17(37)25(45)30(50)26(46)18(10)38)4(2)8-13(33)21(41)28(48)22(42)14(8)34;2-1(3)4/h1H,51H2;2-4H. The summed E-state index contributed by atoms with van der Waals surface area (Å²) in [6, 6.07) is -0.436. The van der Waals surface area contributed by atoms with Crippen molar-refractivity contribution in [1.82, 2.24) is 0 Å². The lowest BCUT2D eigenvalue weighted by Gasteiger charge is -2.25. The van der Waals surface area contributed by atoms with Crippen molar-refractivity contribution in [1.29, 1.82) is 0 Å². The van der Waals surface area contributed by atoms with Gasteiger partial charge in [0.2, 0.25) is 23.3 Å². The maximum absolute atomic E-state index is 15.5. The molecule has 0 atom stereocenters. The van der Waals surface area contributed by atoms with E-state index in [0.717, 1.165) is 0 Å². The fourth-order valence-electron chi connectivity index (χ4n) is 4.99. The summed E-state index contributed by atoms with van der Waals surface area (Å²) in [4.78, 5) is 0. The predicted molar refractivity (Wildman–Crippen MR) is 144 cm³/mol. The molecule has 292 valence electrons. The molecule has 0 fully saturated rings. The van der Waals surface area contributed by atoms with E-state index >= 15 is 35.1 Å². The van der Waals surface area contributed by atoms with Crippen molar-refractivity contribution >= 4 is 13.0 Å². The van der Waals surface area contributed by atoms with Gasteiger partial charge in [0.1, 0.15) is 0 Å². The Morgan fingerprint density at radius 3 is 0.709 bits per heavy atom. The van der Waals surface area contributed by atoms with Crippen molar-refractivity contribution in [3.05, 3.63) is 122 Å². The summed E-state index contributed by atoms with van der Waals surface area (Å²) >= 11 is 0. The normalized spacial score (nSPS) is 11.3. The van der Waals surface area contributed by atoms with Crippen LogP contribution < -0.4 is 5.73 Å². The predicted octanol–water partition coefficient (Wildman–Crippen LogP) is 8.67. The Labute approximate surface area is 289 Å². The summed E-state index contributed by atoms with van der Waals surface area (Å²) in [5.74, 6) is -62.3. The van der Waals surface area contributed by atoms with Gasteiger partial charge >= 0.3 is 7.32 Å². The van der Waals surface area contributed by atoms with Crippen LogP contribution in [0.1, 0.15) is 0 Å². The topological polar surface area (TPSA) is 86.7 Å². The number of rotatable bonds is 4. The Hall–Kier alpha value is -5.56. The van der Waals surface area contributed by atoms with Gasteiger partial charge in [-0.1, -0.05) is 0 Å². The van der Waals surface area contributed by atoms with E-state index in [1.807, 2.05) is 0 Å². The molecule has 0 saturated heterocycles. The molecule has 0 heterocycles. The minimum absolute atomic E-state index is 0.436. The number of halogens is 20. The van der Waals surface area contributed by atoms with Crippen molar-refractivity contribution in [2.75, 3.05) is 5.73 Å². The highest BCUT2D eigenvalue weighted by Gasteiger charge is 2.40. The number of anilines is 1. The van der Waals surface area contributed by atoms with E-state index in [4.69, 9.17) is 20.8 Å². The lowest BCUT2D eigenvalue weighted by Crippen LogP contribution is -2.13. The minimum Gasteiger partial charge on any atom is -0.402 e. The van der Waals surface area contributed by atoms with E-state index < -0.39 is 180 Å². The molecular weight excluding hydrogens is 813 g/mol. The first kappa shape index (κ1) is 42.2. The first-order valence-corrected chi connectivity index (χ1v) is 13.4. The molecule has 0 unspecified atom stereocenters. The number of nitrogen functional groups attached to an aromatic ring is 1. The van der Waals surface area contributed by atoms with E-state index in [-0.39, 0.29) is 0 Å². The Morgan fingerprint density at radius 2 is 0.455 bits per heavy atom. The quantitative estimate of drug-likeness (QED) is 0.0481. The molecule has 5 aromatic rings. The van der Waals surface area contributed by atoms with E-state index in [0.29, 0.717) is 0 Å². The van der Waals surface area contributed by atoms with Crippen LogP contribution in [0.4, 0.5) is 93.5 Å². The largest absolute Gasteiger partial charge is 0.631 e. The number of benzene rings is 5. The summed E-state index contributed by atoms with van der Waals surface area (Å²) in [5, 5.41) is 21.5. The molecule has 0 aliphatic carbocycles. The van der Waals surface area contributed by atoms with E-state index in [2.05, 4.69) is 0 Å². The molecule has 0 spiro atoms. The number of hydrogen-bond acceptors (Lipinski definition) is 4. The zero-order valence-corrected chi connectivity index (χ0v) is 25.1. The highest BCUT2D eigenvalue weighted by molar-refractivity contribution is 6.30. The van der Waals surface area contributed by atoms with Gasteiger partial charge in [0, 0.05) is 22.4 Å². The van der Waals surface area contributed by atoms with E-state index in [9.17, 15) is 52.7 Å². The Bertz CT molecular complexity index is 2340. The van der Waals surface area contributed by atoms with Crippen LogP contribution in [0.3, 0.4) is 0 Å². The molecule has 0 saturated carbocycles. The monoisotopic (exact) mass is 819 g/mol. The van der Waals surface area contributed by atoms with Gasteiger partial charge in [-0.25, -0.2) is 87.8 Å². The van der Waals surface area contributed by atoms with Crippen LogP contribution in [0.2, 0.25) is 0 Å². The molecule has 0 radical (unpaired) electrons. The maximum atomic E-state index is 15.5. The molecule has 4 nitrogen and oxygen atoms in total. The SMILES string of the molecule is Nc1cc(-c2c(F)c(F)c(F)c(F)c2F)c(-c2c(F)c(F)c(F)c(F)c2F)c(-c2c(F)c(F)c(F)c(F)c2F)c1-c1c(F)c(F)c(F)c(F)c1F.OB(O)O. The van der Waals surface area contributed by atoms with Gasteiger partial charge in [0.25, 0.3) is 0 Å². The third kappa shape index (κ3) is 6.54. The molecule has 5 aromatic carbocycles. The van der Waals surface area contributed by atoms with Gasteiger partial charge in [-0.3, -0.25) is 0 Å². The average Bonchev–Trinajstić information content (AvgIpc) is 3.13. The molecule has 0 aromatic heterocycles. The third-order valence-electron chi connectivity index (χ3n) is 7.22. The molecule has 0 aliphatic heterocycles. The Morgan fingerprint density at radius 1 is 0.273 bits per heavy atom. The van der Waals surface area contributed by atoms with Crippen molar-refractivity contribution in [2.24, 2.45) is 0 Å². The second-order valence-corrected chi connectivity index (χ2v) is 10.3. The molecule has 5 N–H and O–H groups in total. The molecule has 0 aliphatic rings. The van der Waals surface area contributed by atoms with Crippen molar-refractivity contribution in [3.8, 4) is 44.5 Å². The zero-order chi connectivity index (χ0) is 42.0. The van der Waals surface area contributed by atoms with Gasteiger partial charge in [-0.2, -0.15) is 0 Å². The maximum Gasteiger partial charge on any atom is 0.631 e. The van der Waals surface area contributed by atoms with Crippen LogP contribution in [0.5, 0.6) is 0 Å². The van der Waals surface area contributed by atoms with Crippen LogP contribution in [-0.4, -0.2) is 22.4 Å². The smallest absolute Gasteiger partial charge is 0.402 e. The molecular formula is C30H6BF20NO3. The van der Waals surface area contributed by atoms with Gasteiger partial charge in [-0.05, 0) is 11.6 Å². The highest BCUT2D eigenvalue weighted by atomic mass is 19.2. The molecule has 5 rings (SSSR count). The summed E-state index contributed by atoms with van der Waals surface area (Å²) < 4.78 is 294. The fraction of sp³-hybridized carbons (Fsp3) is 0. The van der Waals surface area contributed by atoms with E-state index in [1.165, 1.54) is 0 Å². The van der Waals surface area contributed by atoms with E-state index in [1.54, 1.807) is 0 Å². The lowest BCUT2D eigenvalue weighted by atomic mass is 9.80. The fourth-order valence-corrected chi connectivity index (χ4v) is 4.99. The van der Waals surface area contributed by atoms with Crippen LogP contribution in [0.25, 0.3) is 44.5 Å². The molecule has 25 heteroatoms. The molecule has 0 amide bonds. The second-order valence-electron chi connectivity index (χ2n) is 10.3. The Balaban J connectivity index is 0.00000160. The first-order valence-electron chi connectivity index (χ1n) is 13.4. The Kier molecular flexibility index (Phi) is 11.5. The average molecular weight is 819 g/mol. The number of hydrogen-bond donors (Lipinski definition) is 4. The minimum atomic E-state index is -3.23. The van der Waals surface area contributed by atoms with Gasteiger partial charge in [0.05, 0.1) is 22.3 Å². The van der Waals surface area contributed by atoms with Crippen LogP contribution in [-0.2, 0) is 0 Å². The van der Waals surface area contributed by atoms with Gasteiger partial charge in [0.15, 0.2) is 93.1 Å². The number of nitrogens with two attached hydrogens (primary N) is 1. The van der Waals surface area contributed by atoms with Gasteiger partial charge < -0.3 is 20.8 Å². The van der Waals surface area contributed by atoms with Crippen molar-refractivity contribution < 1.29 is 103 Å². The van der Waals surface area contributed by atoms with Gasteiger partial charge in [-0.15, -0.1) is 0 Å². The summed E-state index contributed by atoms with van der Waals surface area (Å²) in [6.45, 7) is 0. The first-order chi connectivity index (χ1) is 25.3. The molecule has 0 bridgehead atoms. The summed E-state index contributed by atoms with van der Waals surface area (Å²) in [6.07, 6.45) is 0. The van der Waals surface area contributed by atoms with Crippen LogP contribution >= 0.6 is 0 Å². The highest BCUT2D eigenvalue weighted by Crippen LogP contribution is 2.54. The van der Waals surface area contributed by atoms with Crippen LogP contribution in [0, 0.1) is 116 Å². The van der Waals surface area contributed by atoms with Crippen molar-refractivity contribution in [3.63, 3.8) is 0 Å². The summed E-state index contributed by atoms with van der Waals surface area (Å²) in [5.41, 5.74) is -17.1.